The van der Waals surface area contributed by atoms with Crippen molar-refractivity contribution in [3.8, 4) is 5.95 Å². The van der Waals surface area contributed by atoms with Crippen LogP contribution in [0.4, 0.5) is 24.8 Å². The minimum Gasteiger partial charge on any atom is -0.367 e. The van der Waals surface area contributed by atoms with Crippen LogP contribution in [0.1, 0.15) is 44.0 Å². The molecule has 1 amide bonds. The smallest absolute Gasteiger partial charge is 0.367 e. The van der Waals surface area contributed by atoms with Gasteiger partial charge in [-0.1, -0.05) is 0 Å². The van der Waals surface area contributed by atoms with Gasteiger partial charge in [-0.25, -0.2) is 4.68 Å². The van der Waals surface area contributed by atoms with E-state index in [1.165, 1.54) is 0 Å². The fourth-order valence-corrected chi connectivity index (χ4v) is 4.61. The van der Waals surface area contributed by atoms with Crippen LogP contribution in [0.5, 0.6) is 0 Å². The van der Waals surface area contributed by atoms with Crippen LogP contribution >= 0.6 is 0 Å². The van der Waals surface area contributed by atoms with Gasteiger partial charge in [-0.15, -0.1) is 0 Å². The van der Waals surface area contributed by atoms with Crippen LogP contribution in [0.2, 0.25) is 0 Å². The largest absolute Gasteiger partial charge is 0.391 e. The second-order valence-corrected chi connectivity index (χ2v) is 8.98. The van der Waals surface area contributed by atoms with E-state index >= 15 is 0 Å². The number of amides is 1. The van der Waals surface area contributed by atoms with Crippen LogP contribution in [0.25, 0.3) is 5.95 Å². The van der Waals surface area contributed by atoms with Gasteiger partial charge in [0.2, 0.25) is 5.91 Å². The average molecular weight is 466 g/mol. The molecule has 0 radical (unpaired) electrons. The Kier molecular flexibility index (Phi) is 6.49. The molecule has 1 aliphatic heterocycles. The molecule has 11 heteroatoms. The molecule has 0 bridgehead atoms. The van der Waals surface area contributed by atoms with Crippen molar-refractivity contribution in [3.05, 3.63) is 23.5 Å². The number of alkyl halides is 3. The third kappa shape index (κ3) is 5.39. The van der Waals surface area contributed by atoms with Gasteiger partial charge in [0.15, 0.2) is 0 Å². The molecule has 1 saturated carbocycles. The molecular formula is C22H30F3N7O. The van der Waals surface area contributed by atoms with Crippen molar-refractivity contribution in [2.24, 2.45) is 5.92 Å². The molecule has 2 fully saturated rings. The number of carbonyl (C=O) groups excluding carboxylic acids is 1. The van der Waals surface area contributed by atoms with Crippen molar-refractivity contribution in [2.45, 2.75) is 58.7 Å². The molecule has 2 aliphatic rings. The van der Waals surface area contributed by atoms with Crippen molar-refractivity contribution in [1.82, 2.24) is 24.6 Å². The van der Waals surface area contributed by atoms with Crippen LogP contribution in [-0.4, -0.2) is 69.0 Å². The minimum atomic E-state index is -4.13. The molecule has 1 aliphatic carbocycles. The van der Waals surface area contributed by atoms with E-state index in [-0.39, 0.29) is 24.8 Å². The molecule has 1 saturated heterocycles. The maximum Gasteiger partial charge on any atom is 0.391 e. The zero-order valence-electron chi connectivity index (χ0n) is 19.2. The fraction of sp³-hybridized carbons (Fsp3) is 0.636. The molecule has 0 aromatic carbocycles. The van der Waals surface area contributed by atoms with Crippen molar-refractivity contribution in [1.29, 1.82) is 0 Å². The summed E-state index contributed by atoms with van der Waals surface area (Å²) in [5.74, 6) is 0.532. The first-order chi connectivity index (χ1) is 15.6. The summed E-state index contributed by atoms with van der Waals surface area (Å²) < 4.78 is 40.8. The number of piperazine rings is 1. The molecule has 4 rings (SSSR count). The van der Waals surface area contributed by atoms with Crippen LogP contribution in [0, 0.1) is 19.8 Å². The molecule has 0 spiro atoms. The SMILES string of the molecule is CC(=O)N1CCN(c2cc(NC3CCC(C(F)(F)F)CC3)nc(-n3nc(C)cc3C)n2)CC1. The van der Waals surface area contributed by atoms with Gasteiger partial charge in [-0.3, -0.25) is 4.79 Å². The van der Waals surface area contributed by atoms with E-state index in [4.69, 9.17) is 4.98 Å². The van der Waals surface area contributed by atoms with Gasteiger partial charge in [0.1, 0.15) is 11.6 Å². The summed E-state index contributed by atoms with van der Waals surface area (Å²) in [6.45, 7) is 7.89. The second kappa shape index (κ2) is 9.18. The Morgan fingerprint density at radius 1 is 1.03 bits per heavy atom. The zero-order valence-corrected chi connectivity index (χ0v) is 19.2. The number of carbonyl (C=O) groups is 1. The molecule has 180 valence electrons. The Labute approximate surface area is 191 Å². The monoisotopic (exact) mass is 465 g/mol. The number of halogens is 3. The lowest BCUT2D eigenvalue weighted by Crippen LogP contribution is -2.48. The van der Waals surface area contributed by atoms with Gasteiger partial charge in [0.25, 0.3) is 5.95 Å². The van der Waals surface area contributed by atoms with Crippen molar-refractivity contribution in [3.63, 3.8) is 0 Å². The number of aryl methyl sites for hydroxylation is 2. The number of nitrogens with zero attached hydrogens (tertiary/aromatic N) is 6. The first-order valence-electron chi connectivity index (χ1n) is 11.4. The van der Waals surface area contributed by atoms with E-state index in [0.29, 0.717) is 56.6 Å². The molecule has 1 N–H and O–H groups in total. The number of anilines is 2. The molecule has 0 unspecified atom stereocenters. The van der Waals surface area contributed by atoms with E-state index in [9.17, 15) is 18.0 Å². The Balaban J connectivity index is 1.56. The normalized spacial score (nSPS) is 21.9. The highest BCUT2D eigenvalue weighted by molar-refractivity contribution is 5.73. The minimum absolute atomic E-state index is 0.0532. The number of hydrogen-bond donors (Lipinski definition) is 1. The third-order valence-corrected chi connectivity index (χ3v) is 6.49. The quantitative estimate of drug-likeness (QED) is 0.745. The molecule has 33 heavy (non-hydrogen) atoms. The summed E-state index contributed by atoms with van der Waals surface area (Å²) in [6.07, 6.45) is -3.00. The Bertz CT molecular complexity index is 990. The van der Waals surface area contributed by atoms with Crippen molar-refractivity contribution < 1.29 is 18.0 Å². The highest BCUT2D eigenvalue weighted by atomic mass is 19.4. The Morgan fingerprint density at radius 3 is 2.24 bits per heavy atom. The number of nitrogens with one attached hydrogen (secondary N) is 1. The van der Waals surface area contributed by atoms with E-state index in [1.54, 1.807) is 16.5 Å². The first-order valence-corrected chi connectivity index (χ1v) is 11.4. The summed E-state index contributed by atoms with van der Waals surface area (Å²) in [5.41, 5.74) is 1.74. The summed E-state index contributed by atoms with van der Waals surface area (Å²) in [6, 6.07) is 3.70. The molecule has 3 heterocycles. The number of hydrogen-bond acceptors (Lipinski definition) is 6. The summed E-state index contributed by atoms with van der Waals surface area (Å²) >= 11 is 0. The van der Waals surface area contributed by atoms with Crippen LogP contribution in [0.15, 0.2) is 12.1 Å². The lowest BCUT2D eigenvalue weighted by atomic mass is 9.85. The fourth-order valence-electron chi connectivity index (χ4n) is 4.61. The van der Waals surface area contributed by atoms with Gasteiger partial charge < -0.3 is 15.1 Å². The Hall–Kier alpha value is -2.85. The van der Waals surface area contributed by atoms with Gasteiger partial charge in [-0.05, 0) is 45.6 Å². The standard InChI is InChI=1S/C22H30F3N7O/c1-14-12-15(2)32(29-14)21-27-19(26-18-6-4-17(5-7-18)22(23,24)25)13-20(28-21)31-10-8-30(9-11-31)16(3)33/h12-13,17-18H,4-11H2,1-3H3,(H,26,27,28). The van der Waals surface area contributed by atoms with Gasteiger partial charge in [-0.2, -0.15) is 28.2 Å². The number of aromatic nitrogens is 4. The molecule has 0 atom stereocenters. The molecule has 2 aromatic rings. The van der Waals surface area contributed by atoms with Gasteiger partial charge in [0.05, 0.1) is 11.6 Å². The summed E-state index contributed by atoms with van der Waals surface area (Å²) in [4.78, 5) is 24.9. The van der Waals surface area contributed by atoms with Crippen molar-refractivity contribution >= 4 is 17.5 Å². The maximum atomic E-state index is 13.0. The number of rotatable bonds is 4. The lowest BCUT2D eigenvalue weighted by Gasteiger charge is -2.35. The molecular weight excluding hydrogens is 435 g/mol. The summed E-state index contributed by atoms with van der Waals surface area (Å²) in [5, 5.41) is 7.84. The zero-order chi connectivity index (χ0) is 23.8. The molecule has 8 nitrogen and oxygen atoms in total. The highest BCUT2D eigenvalue weighted by Crippen LogP contribution is 2.38. The second-order valence-electron chi connectivity index (χ2n) is 8.98. The van der Waals surface area contributed by atoms with E-state index in [0.717, 1.165) is 11.4 Å². The maximum absolute atomic E-state index is 13.0. The first kappa shape index (κ1) is 23.3. The Morgan fingerprint density at radius 2 is 1.70 bits per heavy atom. The third-order valence-electron chi connectivity index (χ3n) is 6.49. The summed E-state index contributed by atoms with van der Waals surface area (Å²) in [7, 11) is 0. The topological polar surface area (TPSA) is 79.2 Å². The van der Waals surface area contributed by atoms with Gasteiger partial charge >= 0.3 is 6.18 Å². The van der Waals surface area contributed by atoms with Crippen LogP contribution in [0.3, 0.4) is 0 Å². The predicted molar refractivity (Wildman–Crippen MR) is 119 cm³/mol. The van der Waals surface area contributed by atoms with Gasteiger partial charge in [0, 0.05) is 50.9 Å². The van der Waals surface area contributed by atoms with E-state index in [1.807, 2.05) is 26.0 Å². The molecule has 2 aromatic heterocycles. The highest BCUT2D eigenvalue weighted by Gasteiger charge is 2.41. The predicted octanol–water partition coefficient (Wildman–Crippen LogP) is 3.48. The van der Waals surface area contributed by atoms with Crippen LogP contribution < -0.4 is 10.2 Å². The van der Waals surface area contributed by atoms with E-state index in [2.05, 4.69) is 20.3 Å². The average Bonchev–Trinajstić information content (AvgIpc) is 3.11. The van der Waals surface area contributed by atoms with E-state index < -0.39 is 12.1 Å². The van der Waals surface area contributed by atoms with Crippen LogP contribution in [-0.2, 0) is 4.79 Å². The van der Waals surface area contributed by atoms with Crippen molar-refractivity contribution in [2.75, 3.05) is 36.4 Å². The lowest BCUT2D eigenvalue weighted by molar-refractivity contribution is -0.182.